The molecule has 0 aliphatic heterocycles. The Balaban J connectivity index is 1.96. The van der Waals surface area contributed by atoms with Crippen LogP contribution in [0.25, 0.3) is 11.0 Å². The van der Waals surface area contributed by atoms with Crippen molar-refractivity contribution in [3.8, 4) is 5.75 Å². The van der Waals surface area contributed by atoms with Crippen LogP contribution >= 0.6 is 0 Å². The summed E-state index contributed by atoms with van der Waals surface area (Å²) in [7, 11) is 3.64. The summed E-state index contributed by atoms with van der Waals surface area (Å²) in [4.78, 5) is 30.0. The predicted octanol–water partition coefficient (Wildman–Crippen LogP) is 3.49. The van der Waals surface area contributed by atoms with Crippen LogP contribution in [0.2, 0.25) is 0 Å². The maximum Gasteiger partial charge on any atom is 0.349 e. The van der Waals surface area contributed by atoms with E-state index in [1.54, 1.807) is 54.3 Å². The molecule has 1 aromatic heterocycles. The Kier molecular flexibility index (Phi) is 5.44. The zero-order chi connectivity index (χ0) is 20.3. The lowest BCUT2D eigenvalue weighted by atomic mass is 10.1. The standard InChI is InChI=1S/C21H20N2O5/c1-4-27-20(25)13-8-10-14(11-9-13)22-12-16-18(24)15-6-5-7-17(23(2)3)19(15)28-21(16)26/h5-12,24H,4H2,1-3H3. The molecule has 1 heterocycles. The maximum atomic E-state index is 12.4. The third-order valence-electron chi connectivity index (χ3n) is 4.12. The van der Waals surface area contributed by atoms with E-state index in [4.69, 9.17) is 9.15 Å². The number of rotatable bonds is 5. The number of benzene rings is 2. The molecule has 3 rings (SSSR count). The number of para-hydroxylation sites is 1. The van der Waals surface area contributed by atoms with E-state index in [0.29, 0.717) is 34.5 Å². The Bertz CT molecular complexity index is 1100. The molecule has 0 unspecified atom stereocenters. The summed E-state index contributed by atoms with van der Waals surface area (Å²) in [6.07, 6.45) is 1.25. The third-order valence-corrected chi connectivity index (χ3v) is 4.12. The van der Waals surface area contributed by atoms with Gasteiger partial charge in [-0.25, -0.2) is 9.59 Å². The van der Waals surface area contributed by atoms with E-state index in [1.165, 1.54) is 6.21 Å². The number of hydrogen-bond acceptors (Lipinski definition) is 7. The molecule has 0 aliphatic rings. The highest BCUT2D eigenvalue weighted by Gasteiger charge is 2.15. The van der Waals surface area contributed by atoms with Crippen molar-refractivity contribution < 1.29 is 19.1 Å². The molecule has 7 nitrogen and oxygen atoms in total. The molecule has 0 spiro atoms. The van der Waals surface area contributed by atoms with Gasteiger partial charge in [-0.15, -0.1) is 0 Å². The summed E-state index contributed by atoms with van der Waals surface area (Å²) in [6.45, 7) is 2.03. The van der Waals surface area contributed by atoms with Crippen LogP contribution in [0.1, 0.15) is 22.8 Å². The van der Waals surface area contributed by atoms with Gasteiger partial charge in [-0.05, 0) is 43.3 Å². The number of hydrogen-bond donors (Lipinski definition) is 1. The van der Waals surface area contributed by atoms with Gasteiger partial charge in [0.2, 0.25) is 0 Å². The quantitative estimate of drug-likeness (QED) is 0.414. The molecule has 0 amide bonds. The average molecular weight is 380 g/mol. The first kappa shape index (κ1) is 19.2. The molecule has 0 radical (unpaired) electrons. The monoisotopic (exact) mass is 380 g/mol. The van der Waals surface area contributed by atoms with E-state index in [2.05, 4.69) is 4.99 Å². The van der Waals surface area contributed by atoms with Gasteiger partial charge in [0.15, 0.2) is 5.58 Å². The molecular weight excluding hydrogens is 360 g/mol. The fourth-order valence-corrected chi connectivity index (χ4v) is 2.71. The molecule has 28 heavy (non-hydrogen) atoms. The Labute approximate surface area is 161 Å². The fraction of sp³-hybridized carbons (Fsp3) is 0.190. The minimum atomic E-state index is -0.689. The molecule has 0 atom stereocenters. The van der Waals surface area contributed by atoms with Crippen molar-refractivity contribution >= 4 is 34.5 Å². The van der Waals surface area contributed by atoms with Crippen LogP contribution < -0.4 is 10.5 Å². The SMILES string of the molecule is CCOC(=O)c1ccc(N=Cc2c(O)c3cccc(N(C)C)c3oc2=O)cc1. The number of nitrogens with zero attached hydrogens (tertiary/aromatic N) is 2. The van der Waals surface area contributed by atoms with Crippen LogP contribution in [0.15, 0.2) is 56.7 Å². The van der Waals surface area contributed by atoms with E-state index >= 15 is 0 Å². The van der Waals surface area contributed by atoms with Crippen molar-refractivity contribution in [2.45, 2.75) is 6.92 Å². The first-order valence-electron chi connectivity index (χ1n) is 8.69. The third kappa shape index (κ3) is 3.73. The summed E-state index contributed by atoms with van der Waals surface area (Å²) < 4.78 is 10.4. The van der Waals surface area contributed by atoms with Crippen LogP contribution in [0, 0.1) is 0 Å². The minimum Gasteiger partial charge on any atom is -0.506 e. The number of aliphatic imine (C=N–C) groups is 1. The van der Waals surface area contributed by atoms with E-state index in [-0.39, 0.29) is 11.3 Å². The first-order chi connectivity index (χ1) is 13.4. The predicted molar refractivity (Wildman–Crippen MR) is 108 cm³/mol. The molecule has 0 aliphatic carbocycles. The van der Waals surface area contributed by atoms with Crippen molar-refractivity contribution in [1.29, 1.82) is 0 Å². The smallest absolute Gasteiger partial charge is 0.349 e. The second-order valence-corrected chi connectivity index (χ2v) is 6.23. The van der Waals surface area contributed by atoms with Gasteiger partial charge in [-0.2, -0.15) is 0 Å². The van der Waals surface area contributed by atoms with Crippen molar-refractivity contribution in [3.63, 3.8) is 0 Å². The van der Waals surface area contributed by atoms with Crippen LogP contribution in [0.4, 0.5) is 11.4 Å². The zero-order valence-corrected chi connectivity index (χ0v) is 15.8. The molecule has 0 saturated heterocycles. The number of carbonyl (C=O) groups is 1. The minimum absolute atomic E-state index is 0.0436. The van der Waals surface area contributed by atoms with Gasteiger partial charge in [0.05, 0.1) is 28.9 Å². The molecule has 7 heteroatoms. The summed E-state index contributed by atoms with van der Waals surface area (Å²) in [5.74, 6) is -0.607. The maximum absolute atomic E-state index is 12.4. The van der Waals surface area contributed by atoms with Crippen molar-refractivity contribution in [3.05, 3.63) is 64.0 Å². The molecule has 0 fully saturated rings. The highest BCUT2D eigenvalue weighted by molar-refractivity contribution is 5.98. The molecule has 1 N–H and O–H groups in total. The number of anilines is 1. The van der Waals surface area contributed by atoms with Gasteiger partial charge in [-0.1, -0.05) is 6.07 Å². The second-order valence-electron chi connectivity index (χ2n) is 6.23. The summed E-state index contributed by atoms with van der Waals surface area (Å²) in [5, 5.41) is 11.0. The van der Waals surface area contributed by atoms with Crippen molar-refractivity contribution in [1.82, 2.24) is 0 Å². The second kappa shape index (κ2) is 7.96. The highest BCUT2D eigenvalue weighted by Crippen LogP contribution is 2.31. The van der Waals surface area contributed by atoms with Gasteiger partial charge in [0.25, 0.3) is 0 Å². The highest BCUT2D eigenvalue weighted by atomic mass is 16.5. The van der Waals surface area contributed by atoms with Crippen molar-refractivity contribution in [2.24, 2.45) is 4.99 Å². The molecule has 2 aromatic carbocycles. The number of esters is 1. The summed E-state index contributed by atoms with van der Waals surface area (Å²) in [6, 6.07) is 11.6. The van der Waals surface area contributed by atoms with Gasteiger partial charge >= 0.3 is 11.6 Å². The normalized spacial score (nSPS) is 11.1. The molecular formula is C21H20N2O5. The number of ether oxygens (including phenoxy) is 1. The van der Waals surface area contributed by atoms with Gasteiger partial charge < -0.3 is 19.2 Å². The van der Waals surface area contributed by atoms with Crippen LogP contribution in [-0.2, 0) is 4.74 Å². The van der Waals surface area contributed by atoms with E-state index in [9.17, 15) is 14.7 Å². The van der Waals surface area contributed by atoms with E-state index in [1.807, 2.05) is 14.1 Å². The number of fused-ring (bicyclic) bond motifs is 1. The van der Waals surface area contributed by atoms with Gasteiger partial charge in [0, 0.05) is 20.3 Å². The van der Waals surface area contributed by atoms with Gasteiger partial charge in [0.1, 0.15) is 11.3 Å². The van der Waals surface area contributed by atoms with E-state index in [0.717, 1.165) is 0 Å². The van der Waals surface area contributed by atoms with E-state index < -0.39 is 11.6 Å². The molecule has 3 aromatic rings. The lowest BCUT2D eigenvalue weighted by molar-refractivity contribution is 0.0526. The average Bonchev–Trinajstić information content (AvgIpc) is 2.68. The fourth-order valence-electron chi connectivity index (χ4n) is 2.71. The zero-order valence-electron chi connectivity index (χ0n) is 15.8. The summed E-state index contributed by atoms with van der Waals surface area (Å²) >= 11 is 0. The largest absolute Gasteiger partial charge is 0.506 e. The lowest BCUT2D eigenvalue weighted by Crippen LogP contribution is -2.12. The first-order valence-corrected chi connectivity index (χ1v) is 8.69. The molecule has 0 bridgehead atoms. The number of aromatic hydroxyl groups is 1. The Hall–Kier alpha value is -3.61. The Morgan fingerprint density at radius 3 is 2.57 bits per heavy atom. The van der Waals surface area contributed by atoms with Crippen LogP contribution in [0.3, 0.4) is 0 Å². The Morgan fingerprint density at radius 1 is 1.21 bits per heavy atom. The molecule has 144 valence electrons. The van der Waals surface area contributed by atoms with Crippen LogP contribution in [-0.4, -0.2) is 38.0 Å². The Morgan fingerprint density at radius 2 is 1.93 bits per heavy atom. The van der Waals surface area contributed by atoms with Crippen molar-refractivity contribution in [2.75, 3.05) is 25.6 Å². The number of carbonyl (C=O) groups excluding carboxylic acids is 1. The topological polar surface area (TPSA) is 92.3 Å². The van der Waals surface area contributed by atoms with Gasteiger partial charge in [-0.3, -0.25) is 4.99 Å². The van der Waals surface area contributed by atoms with Crippen LogP contribution in [0.5, 0.6) is 5.75 Å². The molecule has 0 saturated carbocycles. The summed E-state index contributed by atoms with van der Waals surface area (Å²) in [5.41, 5.74) is 1.18. The lowest BCUT2D eigenvalue weighted by Gasteiger charge is -2.14.